The molecule has 1 aromatic carbocycles. The van der Waals surface area contributed by atoms with Crippen molar-refractivity contribution in [3.63, 3.8) is 0 Å². The maximum atomic E-state index is 14.1. The highest BCUT2D eigenvalue weighted by molar-refractivity contribution is 7.19. The second kappa shape index (κ2) is 8.51. The number of piperazine rings is 1. The zero-order valence-corrected chi connectivity index (χ0v) is 18.4. The first-order chi connectivity index (χ1) is 15.2. The number of rotatable bonds is 4. The highest BCUT2D eigenvalue weighted by atomic mass is 32.1. The van der Waals surface area contributed by atoms with Crippen molar-refractivity contribution in [1.82, 2.24) is 14.9 Å². The lowest BCUT2D eigenvalue weighted by Gasteiger charge is -2.36. The van der Waals surface area contributed by atoms with Crippen LogP contribution in [-0.2, 0) is 24.2 Å². The molecule has 0 atom stereocenters. The van der Waals surface area contributed by atoms with E-state index in [0.717, 1.165) is 23.5 Å². The molecule has 0 N–H and O–H groups in total. The number of anilines is 1. The molecule has 3 aromatic rings. The van der Waals surface area contributed by atoms with Crippen LogP contribution in [-0.4, -0.2) is 54.1 Å². The van der Waals surface area contributed by atoms with Crippen LogP contribution in [0.3, 0.4) is 0 Å². The van der Waals surface area contributed by atoms with E-state index < -0.39 is 5.82 Å². The summed E-state index contributed by atoms with van der Waals surface area (Å²) in [5.74, 6) is 0.919. The number of hydrogen-bond donors (Lipinski definition) is 0. The Hall–Kier alpha value is -2.58. The van der Waals surface area contributed by atoms with Crippen LogP contribution < -0.4 is 4.90 Å². The van der Waals surface area contributed by atoms with E-state index in [1.54, 1.807) is 41.5 Å². The molecule has 0 radical (unpaired) electrons. The Morgan fingerprint density at radius 1 is 1.13 bits per heavy atom. The number of aryl methyl sites for hydroxylation is 2. The van der Waals surface area contributed by atoms with Crippen molar-refractivity contribution in [3.05, 3.63) is 51.9 Å². The summed E-state index contributed by atoms with van der Waals surface area (Å²) in [6.45, 7) is 2.75. The lowest BCUT2D eigenvalue weighted by Crippen LogP contribution is -2.49. The van der Waals surface area contributed by atoms with Crippen molar-refractivity contribution in [2.45, 2.75) is 32.3 Å². The average molecular weight is 441 g/mol. The number of hydrogen-bond acceptors (Lipinski definition) is 6. The molecule has 1 aliphatic heterocycles. The molecular weight excluding hydrogens is 415 g/mol. The maximum absolute atomic E-state index is 14.1. The monoisotopic (exact) mass is 440 g/mol. The van der Waals surface area contributed by atoms with E-state index >= 15 is 0 Å². The quantitative estimate of drug-likeness (QED) is 0.617. The van der Waals surface area contributed by atoms with Crippen LogP contribution in [0.4, 0.5) is 10.2 Å². The zero-order chi connectivity index (χ0) is 21.4. The lowest BCUT2D eigenvalue weighted by atomic mass is 9.97. The molecule has 0 saturated carbocycles. The number of benzene rings is 1. The first kappa shape index (κ1) is 20.3. The van der Waals surface area contributed by atoms with E-state index in [-0.39, 0.29) is 11.5 Å². The fourth-order valence-corrected chi connectivity index (χ4v) is 5.80. The van der Waals surface area contributed by atoms with E-state index in [0.29, 0.717) is 38.6 Å². The number of nitrogens with zero attached hydrogens (tertiary/aromatic N) is 4. The molecule has 0 bridgehead atoms. The number of ether oxygens (including phenoxy) is 1. The van der Waals surface area contributed by atoms with E-state index in [4.69, 9.17) is 14.7 Å². The SMILES string of the molecule is COCc1nc(N2CCN(C(=O)c3ccccc3F)CC2)c2c3c(sc2n1)CCCC3. The van der Waals surface area contributed by atoms with E-state index in [2.05, 4.69) is 4.90 Å². The Labute approximate surface area is 184 Å². The van der Waals surface area contributed by atoms with E-state index in [1.165, 1.54) is 34.7 Å². The van der Waals surface area contributed by atoms with Gasteiger partial charge in [0.2, 0.25) is 0 Å². The Balaban J connectivity index is 1.43. The van der Waals surface area contributed by atoms with Gasteiger partial charge in [0.05, 0.1) is 10.9 Å². The van der Waals surface area contributed by atoms with Crippen molar-refractivity contribution in [2.75, 3.05) is 38.2 Å². The summed E-state index contributed by atoms with van der Waals surface area (Å²) in [4.78, 5) is 28.9. The molecule has 31 heavy (non-hydrogen) atoms. The van der Waals surface area contributed by atoms with Crippen molar-refractivity contribution < 1.29 is 13.9 Å². The van der Waals surface area contributed by atoms with Crippen LogP contribution in [0, 0.1) is 5.82 Å². The van der Waals surface area contributed by atoms with E-state index in [1.807, 2.05) is 0 Å². The number of amides is 1. The van der Waals surface area contributed by atoms with E-state index in [9.17, 15) is 9.18 Å². The normalized spacial score (nSPS) is 16.6. The summed E-state index contributed by atoms with van der Waals surface area (Å²) < 4.78 is 19.4. The summed E-state index contributed by atoms with van der Waals surface area (Å²) in [5.41, 5.74) is 1.53. The van der Waals surface area contributed by atoms with Crippen molar-refractivity contribution in [3.8, 4) is 0 Å². The number of thiophene rings is 1. The molecule has 1 fully saturated rings. The topological polar surface area (TPSA) is 58.6 Å². The van der Waals surface area contributed by atoms with Gasteiger partial charge in [-0.1, -0.05) is 12.1 Å². The minimum Gasteiger partial charge on any atom is -0.377 e. The van der Waals surface area contributed by atoms with Gasteiger partial charge in [-0.15, -0.1) is 11.3 Å². The first-order valence-electron chi connectivity index (χ1n) is 10.7. The Bertz CT molecular complexity index is 1120. The van der Waals surface area contributed by atoms with Crippen molar-refractivity contribution in [2.24, 2.45) is 0 Å². The third-order valence-electron chi connectivity index (χ3n) is 6.09. The van der Waals surface area contributed by atoms with Gasteiger partial charge in [0.25, 0.3) is 5.91 Å². The second-order valence-electron chi connectivity index (χ2n) is 8.05. The summed E-state index contributed by atoms with van der Waals surface area (Å²) in [6.07, 6.45) is 4.61. The average Bonchev–Trinajstić information content (AvgIpc) is 3.17. The summed E-state index contributed by atoms with van der Waals surface area (Å²) in [5, 5.41) is 1.17. The van der Waals surface area contributed by atoms with Crippen LogP contribution in [0.25, 0.3) is 10.2 Å². The van der Waals surface area contributed by atoms with Gasteiger partial charge in [0, 0.05) is 38.2 Å². The lowest BCUT2D eigenvalue weighted by molar-refractivity contribution is 0.0742. The molecule has 1 saturated heterocycles. The fraction of sp³-hybridized carbons (Fsp3) is 0.435. The Morgan fingerprint density at radius 3 is 2.68 bits per heavy atom. The number of carbonyl (C=O) groups is 1. The number of halogens is 1. The zero-order valence-electron chi connectivity index (χ0n) is 17.6. The predicted octanol–water partition coefficient (Wildman–Crippen LogP) is 3.82. The van der Waals surface area contributed by atoms with Gasteiger partial charge in [-0.05, 0) is 43.4 Å². The van der Waals surface area contributed by atoms with Gasteiger partial charge in [-0.25, -0.2) is 14.4 Å². The van der Waals surface area contributed by atoms with Crippen LogP contribution >= 0.6 is 11.3 Å². The molecule has 0 spiro atoms. The van der Waals surface area contributed by atoms with Gasteiger partial charge < -0.3 is 14.5 Å². The number of aromatic nitrogens is 2. The van der Waals surface area contributed by atoms with Crippen LogP contribution in [0.1, 0.15) is 39.5 Å². The highest BCUT2D eigenvalue weighted by Gasteiger charge is 2.28. The van der Waals surface area contributed by atoms with Gasteiger partial charge in [0.1, 0.15) is 23.1 Å². The highest BCUT2D eigenvalue weighted by Crippen LogP contribution is 2.40. The van der Waals surface area contributed by atoms with Crippen LogP contribution in [0.2, 0.25) is 0 Å². The molecule has 5 rings (SSSR count). The minimum absolute atomic E-state index is 0.134. The third-order valence-corrected chi connectivity index (χ3v) is 7.27. The van der Waals surface area contributed by atoms with Crippen molar-refractivity contribution in [1.29, 1.82) is 0 Å². The van der Waals surface area contributed by atoms with Gasteiger partial charge in [0.15, 0.2) is 5.82 Å². The van der Waals surface area contributed by atoms with Crippen LogP contribution in [0.5, 0.6) is 0 Å². The molecule has 1 aliphatic carbocycles. The molecule has 0 unspecified atom stereocenters. The maximum Gasteiger partial charge on any atom is 0.256 e. The standard InChI is InChI=1S/C23H25FN4O2S/c1-30-14-19-25-21(20-16-7-3-5-9-18(16)31-22(20)26-19)27-10-12-28(13-11-27)23(29)15-6-2-4-8-17(15)24/h2,4,6,8H,3,5,7,9-14H2,1H3. The molecule has 1 amide bonds. The third kappa shape index (κ3) is 3.78. The predicted molar refractivity (Wildman–Crippen MR) is 119 cm³/mol. The van der Waals surface area contributed by atoms with Crippen LogP contribution in [0.15, 0.2) is 24.3 Å². The summed E-state index contributed by atoms with van der Waals surface area (Å²) in [6, 6.07) is 6.18. The smallest absolute Gasteiger partial charge is 0.256 e. The van der Waals surface area contributed by atoms with Gasteiger partial charge in [-0.2, -0.15) is 0 Å². The molecule has 2 aliphatic rings. The Morgan fingerprint density at radius 2 is 1.90 bits per heavy atom. The van der Waals surface area contributed by atoms with Gasteiger partial charge in [-0.3, -0.25) is 4.79 Å². The molecule has 3 heterocycles. The summed E-state index contributed by atoms with van der Waals surface area (Å²) >= 11 is 1.78. The Kier molecular flexibility index (Phi) is 5.58. The second-order valence-corrected chi connectivity index (χ2v) is 9.13. The molecule has 162 valence electrons. The number of methoxy groups -OCH3 is 1. The number of carbonyl (C=O) groups excluding carboxylic acids is 1. The van der Waals surface area contributed by atoms with Gasteiger partial charge >= 0.3 is 0 Å². The van der Waals surface area contributed by atoms with Crippen molar-refractivity contribution >= 4 is 33.3 Å². The number of fused-ring (bicyclic) bond motifs is 3. The molecule has 6 nitrogen and oxygen atoms in total. The fourth-order valence-electron chi connectivity index (χ4n) is 4.53. The first-order valence-corrected chi connectivity index (χ1v) is 11.6. The summed E-state index contributed by atoms with van der Waals surface area (Å²) in [7, 11) is 1.65. The molecular formula is C23H25FN4O2S. The minimum atomic E-state index is -0.471. The molecule has 8 heteroatoms. The largest absolute Gasteiger partial charge is 0.377 e. The molecule has 2 aromatic heterocycles.